The molecule has 0 saturated heterocycles. The van der Waals surface area contributed by atoms with Crippen molar-refractivity contribution in [2.75, 3.05) is 23.7 Å². The number of hydrogen-bond donors (Lipinski definition) is 1. The monoisotopic (exact) mass is 537 g/mol. The Kier molecular flexibility index (Phi) is 11.0. The van der Waals surface area contributed by atoms with Crippen LogP contribution in [0, 0.1) is 0 Å². The summed E-state index contributed by atoms with van der Waals surface area (Å²) < 4.78 is 31.6. The predicted molar refractivity (Wildman–Crippen MR) is 144 cm³/mol. The summed E-state index contributed by atoms with van der Waals surface area (Å²) in [4.78, 5) is 27.5. The number of ether oxygens (including phenoxy) is 1. The average molecular weight is 538 g/mol. The molecule has 2 rings (SSSR count). The first-order valence-corrected chi connectivity index (χ1v) is 14.2. The number of amides is 2. The summed E-state index contributed by atoms with van der Waals surface area (Å²) in [7, 11) is -3.57. The highest BCUT2D eigenvalue weighted by Gasteiger charge is 2.27. The summed E-state index contributed by atoms with van der Waals surface area (Å²) in [5, 5.41) is 3.35. The lowest BCUT2D eigenvalue weighted by atomic mass is 10.1. The molecule has 1 atom stereocenters. The Morgan fingerprint density at radius 2 is 1.69 bits per heavy atom. The highest BCUT2D eigenvalue weighted by molar-refractivity contribution is 7.92. The summed E-state index contributed by atoms with van der Waals surface area (Å²) in [6.07, 6.45) is 1.47. The van der Waals surface area contributed by atoms with Crippen molar-refractivity contribution in [2.24, 2.45) is 0 Å². The van der Waals surface area contributed by atoms with Crippen molar-refractivity contribution in [3.8, 4) is 5.75 Å². The zero-order valence-corrected chi connectivity index (χ0v) is 23.1. The fourth-order valence-corrected chi connectivity index (χ4v) is 4.84. The number of halogens is 1. The summed E-state index contributed by atoms with van der Waals surface area (Å²) in [5.41, 5.74) is 1.22. The lowest BCUT2D eigenvalue weighted by molar-refractivity contribution is -0.140. The van der Waals surface area contributed by atoms with E-state index in [0.717, 1.165) is 11.8 Å². The van der Waals surface area contributed by atoms with Gasteiger partial charge in [-0.3, -0.25) is 13.9 Å². The Morgan fingerprint density at radius 1 is 1.06 bits per heavy atom. The molecular formula is C26H36ClN3O5S. The molecule has 0 unspecified atom stereocenters. The predicted octanol–water partition coefficient (Wildman–Crippen LogP) is 4.23. The van der Waals surface area contributed by atoms with Gasteiger partial charge in [0.15, 0.2) is 0 Å². The van der Waals surface area contributed by atoms with Crippen LogP contribution in [0.2, 0.25) is 5.02 Å². The van der Waals surface area contributed by atoms with Crippen LogP contribution in [0.25, 0.3) is 0 Å². The van der Waals surface area contributed by atoms with Gasteiger partial charge in [0.1, 0.15) is 11.8 Å². The molecule has 0 aliphatic carbocycles. The van der Waals surface area contributed by atoms with E-state index in [1.165, 1.54) is 9.21 Å². The van der Waals surface area contributed by atoms with Crippen LogP contribution in [0.1, 0.15) is 46.1 Å². The van der Waals surface area contributed by atoms with Crippen molar-refractivity contribution >= 4 is 39.1 Å². The summed E-state index contributed by atoms with van der Waals surface area (Å²) in [5.74, 6) is 0.118. The van der Waals surface area contributed by atoms with E-state index >= 15 is 0 Å². The zero-order valence-electron chi connectivity index (χ0n) is 21.5. The number of rotatable bonds is 13. The summed E-state index contributed by atoms with van der Waals surface area (Å²) in [6, 6.07) is 13.1. The Bertz CT molecular complexity index is 1120. The number of carbonyl (C=O) groups excluding carboxylic acids is 2. The van der Waals surface area contributed by atoms with E-state index in [-0.39, 0.29) is 43.8 Å². The smallest absolute Gasteiger partial charge is 0.242 e. The van der Waals surface area contributed by atoms with Crippen LogP contribution >= 0.6 is 11.6 Å². The first-order valence-electron chi connectivity index (χ1n) is 12.0. The molecule has 2 aromatic carbocycles. The summed E-state index contributed by atoms with van der Waals surface area (Å²) in [6.45, 7) is 8.04. The quantitative estimate of drug-likeness (QED) is 0.412. The molecule has 0 aromatic heterocycles. The fraction of sp³-hybridized carbons (Fsp3) is 0.462. The van der Waals surface area contributed by atoms with E-state index < -0.39 is 16.1 Å². The molecule has 0 saturated carbocycles. The topological polar surface area (TPSA) is 96.0 Å². The van der Waals surface area contributed by atoms with Crippen LogP contribution in [0.4, 0.5) is 5.69 Å². The van der Waals surface area contributed by atoms with Gasteiger partial charge in [0.2, 0.25) is 21.8 Å². The van der Waals surface area contributed by atoms with Gasteiger partial charge < -0.3 is 15.0 Å². The minimum atomic E-state index is -3.57. The molecule has 1 N–H and O–H groups in total. The third kappa shape index (κ3) is 8.71. The van der Waals surface area contributed by atoms with Crippen LogP contribution in [0.15, 0.2) is 48.5 Å². The maximum atomic E-state index is 13.3. The van der Waals surface area contributed by atoms with Crippen molar-refractivity contribution < 1.29 is 22.7 Å². The van der Waals surface area contributed by atoms with Gasteiger partial charge in [-0.1, -0.05) is 29.8 Å². The molecule has 2 amide bonds. The highest BCUT2D eigenvalue weighted by Crippen LogP contribution is 2.23. The van der Waals surface area contributed by atoms with Crippen molar-refractivity contribution in [1.29, 1.82) is 0 Å². The number of carbonyl (C=O) groups is 2. The van der Waals surface area contributed by atoms with Crippen molar-refractivity contribution in [1.82, 2.24) is 10.2 Å². The van der Waals surface area contributed by atoms with E-state index in [4.69, 9.17) is 16.3 Å². The first-order chi connectivity index (χ1) is 16.9. The molecule has 8 nitrogen and oxygen atoms in total. The lowest BCUT2D eigenvalue weighted by Crippen LogP contribution is -2.49. The zero-order chi connectivity index (χ0) is 26.9. The van der Waals surface area contributed by atoms with Gasteiger partial charge in [0.05, 0.1) is 18.6 Å². The lowest BCUT2D eigenvalue weighted by Gasteiger charge is -2.30. The van der Waals surface area contributed by atoms with Crippen LogP contribution in [0.3, 0.4) is 0 Å². The van der Waals surface area contributed by atoms with Crippen molar-refractivity contribution in [3.05, 3.63) is 59.1 Å². The largest absolute Gasteiger partial charge is 0.494 e. The van der Waals surface area contributed by atoms with E-state index in [0.29, 0.717) is 23.1 Å². The van der Waals surface area contributed by atoms with Gasteiger partial charge in [-0.25, -0.2) is 8.42 Å². The fourth-order valence-electron chi connectivity index (χ4n) is 3.68. The third-order valence-electron chi connectivity index (χ3n) is 5.48. The first kappa shape index (κ1) is 29.5. The van der Waals surface area contributed by atoms with E-state index in [9.17, 15) is 18.0 Å². The Labute approximate surface area is 219 Å². The molecule has 0 fully saturated rings. The molecule has 10 heteroatoms. The van der Waals surface area contributed by atoms with Gasteiger partial charge in [0.25, 0.3) is 0 Å². The number of hydrogen-bond acceptors (Lipinski definition) is 5. The van der Waals surface area contributed by atoms with Crippen LogP contribution in [-0.2, 0) is 26.2 Å². The van der Waals surface area contributed by atoms with E-state index in [1.807, 2.05) is 32.9 Å². The van der Waals surface area contributed by atoms with Gasteiger partial charge in [-0.05, 0) is 70.0 Å². The van der Waals surface area contributed by atoms with Crippen LogP contribution in [-0.4, -0.2) is 56.6 Å². The number of sulfonamides is 1. The van der Waals surface area contributed by atoms with Crippen molar-refractivity contribution in [2.45, 2.75) is 59.2 Å². The molecule has 0 aliphatic heterocycles. The normalized spacial score (nSPS) is 12.2. The van der Waals surface area contributed by atoms with Gasteiger partial charge in [-0.2, -0.15) is 0 Å². The molecule has 0 spiro atoms. The number of anilines is 1. The van der Waals surface area contributed by atoms with Gasteiger partial charge in [0, 0.05) is 30.6 Å². The minimum Gasteiger partial charge on any atom is -0.494 e. The van der Waals surface area contributed by atoms with Crippen molar-refractivity contribution in [3.63, 3.8) is 0 Å². The molecule has 0 radical (unpaired) electrons. The Balaban J connectivity index is 2.16. The van der Waals surface area contributed by atoms with E-state index in [1.54, 1.807) is 43.3 Å². The molecule has 0 aliphatic rings. The second kappa shape index (κ2) is 13.5. The van der Waals surface area contributed by atoms with Gasteiger partial charge >= 0.3 is 0 Å². The third-order valence-corrected chi connectivity index (χ3v) is 7.05. The van der Waals surface area contributed by atoms with Gasteiger partial charge in [-0.15, -0.1) is 0 Å². The second-order valence-corrected chi connectivity index (χ2v) is 11.1. The number of nitrogens with one attached hydrogen (secondary N) is 1. The molecule has 36 heavy (non-hydrogen) atoms. The number of benzene rings is 2. The SMILES string of the molecule is CCOc1ccc(N(CCCC(=O)N(Cc2ccccc2Cl)[C@@H](C)C(=O)NC(C)C)S(C)(=O)=O)cc1. The highest BCUT2D eigenvalue weighted by atomic mass is 35.5. The molecular weight excluding hydrogens is 502 g/mol. The molecule has 0 bridgehead atoms. The Morgan fingerprint density at radius 3 is 2.25 bits per heavy atom. The van der Waals surface area contributed by atoms with E-state index in [2.05, 4.69) is 5.32 Å². The summed E-state index contributed by atoms with van der Waals surface area (Å²) >= 11 is 6.32. The van der Waals surface area contributed by atoms with Crippen LogP contribution < -0.4 is 14.4 Å². The second-order valence-electron chi connectivity index (χ2n) is 8.82. The van der Waals surface area contributed by atoms with Crippen LogP contribution in [0.5, 0.6) is 5.75 Å². The average Bonchev–Trinajstić information content (AvgIpc) is 2.80. The minimum absolute atomic E-state index is 0.0623. The molecule has 2 aromatic rings. The standard InChI is InChI=1S/C26H36ClN3O5S/c1-6-35-23-15-13-22(14-16-23)30(36(5,33)34)17-9-12-25(31)29(20(4)26(32)28-19(2)3)18-21-10-7-8-11-24(21)27/h7-8,10-11,13-16,19-20H,6,9,12,17-18H2,1-5H3,(H,28,32)/t20-/m0/s1. The maximum Gasteiger partial charge on any atom is 0.242 e. The number of nitrogens with zero attached hydrogens (tertiary/aromatic N) is 2. The molecule has 0 heterocycles. The Hall–Kier alpha value is -2.78. The molecule has 198 valence electrons. The maximum absolute atomic E-state index is 13.3.